The molecule has 7 aromatic carbocycles. The van der Waals surface area contributed by atoms with Crippen LogP contribution in [0, 0.1) is 0 Å². The molecule has 0 aliphatic rings. The molecule has 0 saturated carbocycles. The summed E-state index contributed by atoms with van der Waals surface area (Å²) in [6.45, 7) is 5.79. The van der Waals surface area contributed by atoms with Crippen molar-refractivity contribution in [3.63, 3.8) is 0 Å². The van der Waals surface area contributed by atoms with E-state index in [1.165, 1.54) is 84.4 Å². The lowest BCUT2D eigenvalue weighted by Crippen LogP contribution is -2.44. The minimum atomic E-state index is -0.0272. The Kier molecular flexibility index (Phi) is 12.3. The fraction of sp³-hybridized carbons (Fsp3) is 0.319. The third-order valence-electron chi connectivity index (χ3n) is 10.5. The number of quaternary nitrogens is 1. The maximum atomic E-state index is 6.77. The van der Waals surface area contributed by atoms with E-state index in [4.69, 9.17) is 9.68 Å². The second kappa shape index (κ2) is 17.2. The number of unbranched alkanes of at least 4 members (excludes halogenated alkanes) is 6. The zero-order valence-corrected chi connectivity index (χ0v) is 33.8. The Morgan fingerprint density at radius 1 is 0.500 bits per heavy atom. The van der Waals surface area contributed by atoms with Crippen LogP contribution >= 0.6 is 31.9 Å². The lowest BCUT2D eigenvalue weighted by molar-refractivity contribution is -0.316. The van der Waals surface area contributed by atoms with Crippen LogP contribution in [0.1, 0.15) is 82.8 Å². The van der Waals surface area contributed by atoms with Crippen molar-refractivity contribution in [2.75, 3.05) is 13.2 Å². The number of rotatable bonds is 18. The molecule has 0 atom stereocenters. The average Bonchev–Trinajstić information content (AvgIpc) is 3.18. The predicted octanol–water partition coefficient (Wildman–Crippen LogP) is 15.1. The molecule has 52 heavy (non-hydrogen) atoms. The normalized spacial score (nSPS) is 12.2. The van der Waals surface area contributed by atoms with Crippen molar-refractivity contribution in [3.8, 4) is 0 Å². The summed E-state index contributed by atoms with van der Waals surface area (Å²) in [5, 5.41) is 10.5. The third-order valence-corrected chi connectivity index (χ3v) is 12.1. The maximum Gasteiger partial charge on any atom is 0.206 e. The first-order chi connectivity index (χ1) is 25.6. The summed E-state index contributed by atoms with van der Waals surface area (Å²) in [4.78, 5) is 13.5. The quantitative estimate of drug-likeness (QED) is 0.0282. The van der Waals surface area contributed by atoms with Crippen molar-refractivity contribution in [3.05, 3.63) is 129 Å². The number of para-hydroxylation sites is 1. The zero-order chi connectivity index (χ0) is 35.9. The molecule has 5 heteroatoms. The Morgan fingerprint density at radius 2 is 1.12 bits per heavy atom. The summed E-state index contributed by atoms with van der Waals surface area (Å²) in [5.41, 5.74) is 4.69. The smallest absolute Gasteiger partial charge is 0.157 e. The van der Waals surface area contributed by atoms with E-state index in [1.54, 1.807) is 0 Å². The number of fused-ring (bicyclic) bond motifs is 2. The minimum Gasteiger partial charge on any atom is -0.157 e. The van der Waals surface area contributed by atoms with Crippen molar-refractivity contribution in [1.29, 1.82) is 0 Å². The Labute approximate surface area is 326 Å². The number of nitrogens with zero attached hydrogens (tertiary/aromatic N) is 1. The van der Waals surface area contributed by atoms with Crippen molar-refractivity contribution < 1.29 is 9.68 Å². The van der Waals surface area contributed by atoms with E-state index >= 15 is 0 Å². The van der Waals surface area contributed by atoms with Crippen molar-refractivity contribution in [2.45, 2.75) is 84.5 Å². The van der Waals surface area contributed by atoms with Gasteiger partial charge in [0.25, 0.3) is 0 Å². The summed E-state index contributed by atoms with van der Waals surface area (Å²) in [7, 11) is 0. The average molecular weight is 821 g/mol. The summed E-state index contributed by atoms with van der Waals surface area (Å²) in [6.07, 6.45) is 12.3. The van der Waals surface area contributed by atoms with E-state index in [0.717, 1.165) is 60.8 Å². The molecule has 0 radical (unpaired) electrons. The molecule has 0 bridgehead atoms. The highest BCUT2D eigenvalue weighted by atomic mass is 79.9. The molecule has 0 spiro atoms. The van der Waals surface area contributed by atoms with Gasteiger partial charge >= 0.3 is 0 Å². The number of aryl methyl sites for hydroxylation is 2. The summed E-state index contributed by atoms with van der Waals surface area (Å²) >= 11 is 8.02. The fourth-order valence-electron chi connectivity index (χ4n) is 7.85. The highest BCUT2D eigenvalue weighted by molar-refractivity contribution is 9.11. The van der Waals surface area contributed by atoms with Gasteiger partial charge in [0.1, 0.15) is 13.2 Å². The van der Waals surface area contributed by atoms with E-state index < -0.39 is 0 Å². The third kappa shape index (κ3) is 7.54. The fourth-order valence-corrected chi connectivity index (χ4v) is 9.12. The van der Waals surface area contributed by atoms with Crippen LogP contribution in [-0.4, -0.2) is 13.2 Å². The lowest BCUT2D eigenvalue weighted by Gasteiger charge is -2.31. The molecule has 0 amide bonds. The van der Waals surface area contributed by atoms with E-state index in [0.29, 0.717) is 13.2 Å². The molecular formula is C47H50Br2NO2+. The van der Waals surface area contributed by atoms with Crippen LogP contribution in [0.25, 0.3) is 43.1 Å². The Hall–Kier alpha value is -3.32. The van der Waals surface area contributed by atoms with Gasteiger partial charge < -0.3 is 0 Å². The van der Waals surface area contributed by atoms with Gasteiger partial charge in [-0.1, -0.05) is 141 Å². The molecule has 0 saturated heterocycles. The van der Waals surface area contributed by atoms with Gasteiger partial charge in [0.05, 0.1) is 0 Å². The van der Waals surface area contributed by atoms with Crippen molar-refractivity contribution in [1.82, 2.24) is 4.81 Å². The summed E-state index contributed by atoms with van der Waals surface area (Å²) < 4.78 is 2.37. The molecule has 0 aliphatic heterocycles. The number of hydrogen-bond donors (Lipinski definition) is 0. The Bertz CT molecular complexity index is 2220. The molecule has 0 aromatic heterocycles. The molecular weight excluding hydrogens is 770 g/mol. The van der Waals surface area contributed by atoms with Crippen LogP contribution in [0.3, 0.4) is 0 Å². The number of halogens is 2. The largest absolute Gasteiger partial charge is 0.206 e. The molecule has 0 fully saturated rings. The predicted molar refractivity (Wildman–Crippen MR) is 230 cm³/mol. The van der Waals surface area contributed by atoms with Gasteiger partial charge in [-0.15, -0.1) is 0 Å². The van der Waals surface area contributed by atoms with Gasteiger partial charge in [-0.3, -0.25) is 0 Å². The monoisotopic (exact) mass is 818 g/mol. The van der Waals surface area contributed by atoms with Gasteiger partial charge in [0, 0.05) is 48.8 Å². The number of hydrogen-bond acceptors (Lipinski definition) is 2. The topological polar surface area (TPSA) is 18.5 Å². The van der Waals surface area contributed by atoms with E-state index in [9.17, 15) is 0 Å². The molecule has 0 heterocycles. The standard InChI is InChI=1S/C47H50Br2NO2/c1-3-5-7-12-31-51-50(38-21-10-9-11-22-38,52-32-13-8-6-4-2)39-28-25-34(26-29-39)17-14-20-37-33-36-19-16-23-40-44(36)46(47(37)49)41-24-15-18-35-27-30-42(48)45(40)43(35)41/h9-11,15-16,18-19,21-30,33H,3-8,12-14,17,20,31-32H2,1-2H3/q+1. The molecule has 0 N–H and O–H groups in total. The lowest BCUT2D eigenvalue weighted by atomic mass is 9.88. The first kappa shape index (κ1) is 37.0. The highest BCUT2D eigenvalue weighted by Gasteiger charge is 2.39. The van der Waals surface area contributed by atoms with Crippen molar-refractivity contribution in [2.24, 2.45) is 0 Å². The zero-order valence-electron chi connectivity index (χ0n) is 30.6. The van der Waals surface area contributed by atoms with Gasteiger partial charge in [-0.25, -0.2) is 0 Å². The first-order valence-corrected chi connectivity index (χ1v) is 20.9. The SMILES string of the molecule is CCCCCCO[N+](OCCCCCC)(c1ccccc1)c1ccc(CCCc2cc3cccc4c5c(Br)ccc6cccc(c(c2Br)c34)c65)cc1. The second-order valence-corrected chi connectivity index (χ2v) is 15.8. The van der Waals surface area contributed by atoms with Crippen LogP contribution in [0.15, 0.2) is 118 Å². The Balaban J connectivity index is 1.14. The van der Waals surface area contributed by atoms with Gasteiger partial charge in [-0.05, 0) is 104 Å². The minimum absolute atomic E-state index is 0.0272. The Morgan fingerprint density at radius 3 is 1.79 bits per heavy atom. The molecule has 268 valence electrons. The van der Waals surface area contributed by atoms with Crippen LogP contribution in [0.5, 0.6) is 0 Å². The molecule has 0 unspecified atom stereocenters. The van der Waals surface area contributed by atoms with E-state index in [2.05, 4.69) is 155 Å². The summed E-state index contributed by atoms with van der Waals surface area (Å²) in [6, 6.07) is 39.7. The first-order valence-electron chi connectivity index (χ1n) is 19.3. The van der Waals surface area contributed by atoms with Gasteiger partial charge in [-0.2, -0.15) is 9.68 Å². The van der Waals surface area contributed by atoms with Crippen LogP contribution in [0.4, 0.5) is 11.4 Å². The van der Waals surface area contributed by atoms with Crippen LogP contribution in [-0.2, 0) is 22.5 Å². The summed E-state index contributed by atoms with van der Waals surface area (Å²) in [5.74, 6) is 0. The molecule has 7 aromatic rings. The van der Waals surface area contributed by atoms with E-state index in [-0.39, 0.29) is 4.81 Å². The van der Waals surface area contributed by atoms with Crippen LogP contribution in [0.2, 0.25) is 0 Å². The van der Waals surface area contributed by atoms with E-state index in [1.807, 2.05) is 0 Å². The maximum absolute atomic E-state index is 6.77. The second-order valence-electron chi connectivity index (χ2n) is 14.1. The van der Waals surface area contributed by atoms with Crippen molar-refractivity contribution >= 4 is 86.3 Å². The van der Waals surface area contributed by atoms with Gasteiger partial charge in [0.2, 0.25) is 11.4 Å². The number of benzene rings is 7. The highest BCUT2D eigenvalue weighted by Crippen LogP contribution is 2.46. The molecule has 7 rings (SSSR count). The molecule has 0 aliphatic carbocycles. The molecule has 3 nitrogen and oxygen atoms in total. The van der Waals surface area contributed by atoms with Crippen LogP contribution < -0.4 is 4.81 Å². The van der Waals surface area contributed by atoms with Gasteiger partial charge in [0.15, 0.2) is 0 Å².